The average Bonchev–Trinajstić information content (AvgIpc) is 2.56. The third kappa shape index (κ3) is 4.77. The fourth-order valence-electron chi connectivity index (χ4n) is 1.87. The molecule has 0 aromatic heterocycles. The van der Waals surface area contributed by atoms with Gasteiger partial charge in [-0.3, -0.25) is 0 Å². The second-order valence-corrected chi connectivity index (χ2v) is 4.29. The molecule has 0 unspecified atom stereocenters. The number of nitrogens with one attached hydrogen (secondary N) is 2. The maximum Gasteiger partial charge on any atom is 0.203 e. The summed E-state index contributed by atoms with van der Waals surface area (Å²) in [5, 5.41) is 6.16. The number of guanidine groups is 1. The maximum atomic E-state index is 5.33. The van der Waals surface area contributed by atoms with Crippen molar-refractivity contribution in [2.24, 2.45) is 4.99 Å². The van der Waals surface area contributed by atoms with Crippen molar-refractivity contribution in [3.8, 4) is 29.6 Å². The number of ether oxygens (including phenoxy) is 3. The van der Waals surface area contributed by atoms with Gasteiger partial charge in [-0.15, -0.1) is 6.42 Å². The first-order valence-corrected chi connectivity index (χ1v) is 6.94. The smallest absolute Gasteiger partial charge is 0.203 e. The van der Waals surface area contributed by atoms with Crippen molar-refractivity contribution < 1.29 is 14.2 Å². The van der Waals surface area contributed by atoms with Gasteiger partial charge in [0.05, 0.1) is 34.4 Å². The highest BCUT2D eigenvalue weighted by atomic mass is 16.5. The van der Waals surface area contributed by atoms with Gasteiger partial charge in [-0.05, 0) is 24.6 Å². The first-order valence-electron chi connectivity index (χ1n) is 6.94. The van der Waals surface area contributed by atoms with E-state index >= 15 is 0 Å². The Morgan fingerprint density at radius 1 is 1.14 bits per heavy atom. The van der Waals surface area contributed by atoms with Crippen LogP contribution in [0.25, 0.3) is 0 Å². The lowest BCUT2D eigenvalue weighted by Crippen LogP contribution is -2.37. The fraction of sp³-hybridized carbons (Fsp3) is 0.438. The van der Waals surface area contributed by atoms with Crippen molar-refractivity contribution in [1.29, 1.82) is 0 Å². The average molecular weight is 305 g/mol. The number of methoxy groups -OCH3 is 3. The van der Waals surface area contributed by atoms with Crippen LogP contribution in [0, 0.1) is 12.3 Å². The Morgan fingerprint density at radius 3 is 2.23 bits per heavy atom. The molecule has 0 amide bonds. The number of hydrogen-bond donors (Lipinski definition) is 2. The zero-order valence-corrected chi connectivity index (χ0v) is 13.5. The standard InChI is InChI=1S/C16H23N3O3/c1-6-8-18-16(17-7-2)19-11-12-9-13(20-3)15(22-5)14(10-12)21-4/h1,9-10H,7-8,11H2,2-5H3,(H2,17,18,19). The minimum Gasteiger partial charge on any atom is -0.493 e. The summed E-state index contributed by atoms with van der Waals surface area (Å²) in [5.41, 5.74) is 0.937. The Labute approximate surface area is 131 Å². The minimum absolute atomic E-state index is 0.418. The number of hydrogen-bond acceptors (Lipinski definition) is 4. The highest BCUT2D eigenvalue weighted by Gasteiger charge is 2.12. The molecule has 0 aliphatic rings. The van der Waals surface area contributed by atoms with E-state index in [-0.39, 0.29) is 0 Å². The Kier molecular flexibility index (Phi) is 7.48. The van der Waals surface area contributed by atoms with Crippen LogP contribution in [0.1, 0.15) is 12.5 Å². The SMILES string of the molecule is C#CCNC(=NCc1cc(OC)c(OC)c(OC)c1)NCC. The number of aliphatic imine (C=N–C) groups is 1. The van der Waals surface area contributed by atoms with E-state index < -0.39 is 0 Å². The molecule has 0 aliphatic carbocycles. The van der Waals surface area contributed by atoms with E-state index in [4.69, 9.17) is 20.6 Å². The van der Waals surface area contributed by atoms with Crippen LogP contribution in [0.15, 0.2) is 17.1 Å². The van der Waals surface area contributed by atoms with Gasteiger partial charge in [0.2, 0.25) is 5.75 Å². The van der Waals surface area contributed by atoms with Crippen molar-refractivity contribution in [1.82, 2.24) is 10.6 Å². The first-order chi connectivity index (χ1) is 10.7. The molecule has 0 aliphatic heterocycles. The highest BCUT2D eigenvalue weighted by Crippen LogP contribution is 2.38. The van der Waals surface area contributed by atoms with Crippen molar-refractivity contribution >= 4 is 5.96 Å². The minimum atomic E-state index is 0.418. The van der Waals surface area contributed by atoms with Gasteiger partial charge in [-0.1, -0.05) is 5.92 Å². The lowest BCUT2D eigenvalue weighted by Gasteiger charge is -2.14. The number of benzene rings is 1. The van der Waals surface area contributed by atoms with Gasteiger partial charge in [0.15, 0.2) is 17.5 Å². The molecule has 120 valence electrons. The van der Waals surface area contributed by atoms with Crippen LogP contribution < -0.4 is 24.8 Å². The van der Waals surface area contributed by atoms with E-state index in [1.165, 1.54) is 0 Å². The van der Waals surface area contributed by atoms with Crippen LogP contribution in [0.3, 0.4) is 0 Å². The second-order valence-electron chi connectivity index (χ2n) is 4.29. The molecule has 22 heavy (non-hydrogen) atoms. The molecule has 0 spiro atoms. The van der Waals surface area contributed by atoms with Gasteiger partial charge in [-0.25, -0.2) is 4.99 Å². The summed E-state index contributed by atoms with van der Waals surface area (Å²) in [6, 6.07) is 3.74. The maximum absolute atomic E-state index is 5.33. The van der Waals surface area contributed by atoms with Crippen molar-refractivity contribution in [2.45, 2.75) is 13.5 Å². The summed E-state index contributed by atoms with van der Waals surface area (Å²) in [5.74, 6) is 4.95. The quantitative estimate of drug-likeness (QED) is 0.453. The molecule has 0 radical (unpaired) electrons. The normalized spacial score (nSPS) is 10.6. The number of terminal acetylenes is 1. The predicted molar refractivity (Wildman–Crippen MR) is 87.7 cm³/mol. The molecule has 0 saturated heterocycles. The van der Waals surface area contributed by atoms with Crippen molar-refractivity contribution in [2.75, 3.05) is 34.4 Å². The third-order valence-corrected chi connectivity index (χ3v) is 2.85. The Hall–Kier alpha value is -2.55. The molecule has 2 N–H and O–H groups in total. The molecule has 1 aromatic carbocycles. The zero-order valence-electron chi connectivity index (χ0n) is 13.5. The van der Waals surface area contributed by atoms with Crippen LogP contribution in [0.4, 0.5) is 0 Å². The van der Waals surface area contributed by atoms with Crippen LogP contribution in [-0.2, 0) is 6.54 Å². The summed E-state index contributed by atoms with van der Waals surface area (Å²) < 4.78 is 16.0. The monoisotopic (exact) mass is 305 g/mol. The predicted octanol–water partition coefficient (Wildman–Crippen LogP) is 1.40. The summed E-state index contributed by atoms with van der Waals surface area (Å²) in [6.07, 6.45) is 5.25. The van der Waals surface area contributed by atoms with Crippen molar-refractivity contribution in [3.63, 3.8) is 0 Å². The summed E-state index contributed by atoms with van der Waals surface area (Å²) in [6.45, 7) is 3.62. The van der Waals surface area contributed by atoms with Gasteiger partial charge in [0.1, 0.15) is 0 Å². The molecule has 0 heterocycles. The molecule has 6 heteroatoms. The molecule has 0 saturated carbocycles. The summed E-state index contributed by atoms with van der Waals surface area (Å²) in [4.78, 5) is 4.47. The topological polar surface area (TPSA) is 64.1 Å². The highest BCUT2D eigenvalue weighted by molar-refractivity contribution is 5.80. The molecule has 6 nitrogen and oxygen atoms in total. The molecule has 0 atom stereocenters. The van der Waals surface area contributed by atoms with Crippen LogP contribution >= 0.6 is 0 Å². The molecule has 1 aromatic rings. The number of rotatable bonds is 7. The number of nitrogens with zero attached hydrogens (tertiary/aromatic N) is 1. The second kappa shape index (κ2) is 9.40. The molecule has 0 bridgehead atoms. The third-order valence-electron chi connectivity index (χ3n) is 2.85. The summed E-state index contributed by atoms with van der Waals surface area (Å²) >= 11 is 0. The van der Waals surface area contributed by atoms with Gasteiger partial charge in [0.25, 0.3) is 0 Å². The van der Waals surface area contributed by atoms with Gasteiger partial charge < -0.3 is 24.8 Å². The van der Waals surface area contributed by atoms with E-state index in [0.717, 1.165) is 12.1 Å². The van der Waals surface area contributed by atoms with Gasteiger partial charge in [0, 0.05) is 6.54 Å². The van der Waals surface area contributed by atoms with Crippen LogP contribution in [-0.4, -0.2) is 40.4 Å². The fourth-order valence-corrected chi connectivity index (χ4v) is 1.87. The molecule has 1 rings (SSSR count). The van der Waals surface area contributed by atoms with E-state index in [9.17, 15) is 0 Å². The van der Waals surface area contributed by atoms with E-state index in [0.29, 0.717) is 36.3 Å². The van der Waals surface area contributed by atoms with Gasteiger partial charge in [-0.2, -0.15) is 0 Å². The van der Waals surface area contributed by atoms with E-state index in [1.807, 2.05) is 19.1 Å². The Morgan fingerprint density at radius 2 is 1.77 bits per heavy atom. The van der Waals surface area contributed by atoms with E-state index in [1.54, 1.807) is 21.3 Å². The van der Waals surface area contributed by atoms with Gasteiger partial charge >= 0.3 is 0 Å². The van der Waals surface area contributed by atoms with Crippen molar-refractivity contribution in [3.05, 3.63) is 17.7 Å². The Balaban J connectivity index is 2.98. The Bertz CT molecular complexity index is 525. The summed E-state index contributed by atoms with van der Waals surface area (Å²) in [7, 11) is 4.75. The van der Waals surface area contributed by atoms with Crippen LogP contribution in [0.5, 0.6) is 17.2 Å². The molecular formula is C16H23N3O3. The molecular weight excluding hydrogens is 282 g/mol. The largest absolute Gasteiger partial charge is 0.493 e. The lowest BCUT2D eigenvalue weighted by molar-refractivity contribution is 0.324. The molecule has 0 fully saturated rings. The lowest BCUT2D eigenvalue weighted by atomic mass is 10.2. The first kappa shape index (κ1) is 17.5. The van der Waals surface area contributed by atoms with E-state index in [2.05, 4.69) is 21.5 Å². The zero-order chi connectivity index (χ0) is 16.4. The van der Waals surface area contributed by atoms with Crippen LogP contribution in [0.2, 0.25) is 0 Å².